The van der Waals surface area contributed by atoms with Gasteiger partial charge in [0.25, 0.3) is 0 Å². The van der Waals surface area contributed by atoms with E-state index in [4.69, 9.17) is 4.74 Å². The number of nitrogens with zero attached hydrogens (tertiary/aromatic N) is 1. The zero-order valence-corrected chi connectivity index (χ0v) is 14.1. The Hall–Kier alpha value is -2.56. The quantitative estimate of drug-likeness (QED) is 0.842. The van der Waals surface area contributed by atoms with Gasteiger partial charge in [-0.15, -0.1) is 0 Å². The first-order chi connectivity index (χ1) is 11.6. The molecule has 0 heterocycles. The second kappa shape index (κ2) is 8.91. The summed E-state index contributed by atoms with van der Waals surface area (Å²) in [5.41, 5.74) is 1.91. The predicted octanol–water partition coefficient (Wildman–Crippen LogP) is 3.61. The molecule has 0 saturated carbocycles. The van der Waals surface area contributed by atoms with Gasteiger partial charge in [-0.25, -0.2) is 9.18 Å². The number of carbonyl (C=O) groups excluding carboxylic acids is 1. The second-order valence-electron chi connectivity index (χ2n) is 5.47. The molecule has 0 aliphatic rings. The van der Waals surface area contributed by atoms with E-state index >= 15 is 0 Å². The van der Waals surface area contributed by atoms with Crippen LogP contribution < -0.4 is 10.1 Å². The molecule has 0 bridgehead atoms. The Bertz CT molecular complexity index is 659. The molecule has 0 aromatic heterocycles. The molecule has 1 N–H and O–H groups in total. The summed E-state index contributed by atoms with van der Waals surface area (Å²) in [6.07, 6.45) is 0.743. The molecule has 0 radical (unpaired) electrons. The van der Waals surface area contributed by atoms with Crippen LogP contribution in [0.4, 0.5) is 9.18 Å². The van der Waals surface area contributed by atoms with Crippen molar-refractivity contribution in [3.63, 3.8) is 0 Å². The fourth-order valence-electron chi connectivity index (χ4n) is 2.40. The summed E-state index contributed by atoms with van der Waals surface area (Å²) < 4.78 is 18.4. The van der Waals surface area contributed by atoms with E-state index in [-0.39, 0.29) is 11.8 Å². The molecule has 5 heteroatoms. The van der Waals surface area contributed by atoms with Crippen molar-refractivity contribution in [2.45, 2.75) is 19.9 Å². The van der Waals surface area contributed by atoms with Crippen LogP contribution in [0.2, 0.25) is 0 Å². The summed E-state index contributed by atoms with van der Waals surface area (Å²) in [5, 5.41) is 2.91. The van der Waals surface area contributed by atoms with Crippen LogP contribution in [0.3, 0.4) is 0 Å². The number of nitrogens with one attached hydrogen (secondary N) is 1. The lowest BCUT2D eigenvalue weighted by Crippen LogP contribution is -2.40. The third-order valence-corrected chi connectivity index (χ3v) is 3.78. The fraction of sp³-hybridized carbons (Fsp3) is 0.316. The highest BCUT2D eigenvalue weighted by atomic mass is 19.1. The van der Waals surface area contributed by atoms with Crippen molar-refractivity contribution >= 4 is 6.03 Å². The number of amides is 2. The van der Waals surface area contributed by atoms with Crippen LogP contribution in [0, 0.1) is 5.82 Å². The Morgan fingerprint density at radius 1 is 1.17 bits per heavy atom. The smallest absolute Gasteiger partial charge is 0.317 e. The number of methoxy groups -OCH3 is 1. The maximum absolute atomic E-state index is 13.2. The molecular formula is C19H23FN2O2. The van der Waals surface area contributed by atoms with Gasteiger partial charge in [-0.3, -0.25) is 0 Å². The zero-order valence-electron chi connectivity index (χ0n) is 14.1. The van der Waals surface area contributed by atoms with Gasteiger partial charge < -0.3 is 15.0 Å². The highest BCUT2D eigenvalue weighted by Gasteiger charge is 2.11. The van der Waals surface area contributed by atoms with Crippen molar-refractivity contribution in [2.75, 3.05) is 20.2 Å². The monoisotopic (exact) mass is 330 g/mol. The van der Waals surface area contributed by atoms with Crippen molar-refractivity contribution in [2.24, 2.45) is 0 Å². The van der Waals surface area contributed by atoms with E-state index in [1.165, 1.54) is 12.1 Å². The molecule has 0 spiro atoms. The van der Waals surface area contributed by atoms with Crippen molar-refractivity contribution < 1.29 is 13.9 Å². The van der Waals surface area contributed by atoms with Crippen LogP contribution in [-0.2, 0) is 13.0 Å². The van der Waals surface area contributed by atoms with E-state index in [0.717, 1.165) is 23.3 Å². The number of ether oxygens (including phenoxy) is 1. The van der Waals surface area contributed by atoms with Crippen molar-refractivity contribution in [1.82, 2.24) is 10.2 Å². The van der Waals surface area contributed by atoms with Gasteiger partial charge in [0.05, 0.1) is 7.11 Å². The Morgan fingerprint density at radius 2 is 1.92 bits per heavy atom. The normalized spacial score (nSPS) is 10.3. The van der Waals surface area contributed by atoms with Crippen LogP contribution in [0.15, 0.2) is 48.5 Å². The lowest BCUT2D eigenvalue weighted by Gasteiger charge is -2.21. The van der Waals surface area contributed by atoms with Gasteiger partial charge in [-0.05, 0) is 48.7 Å². The van der Waals surface area contributed by atoms with Gasteiger partial charge in [-0.1, -0.05) is 24.3 Å². The van der Waals surface area contributed by atoms with E-state index in [0.29, 0.717) is 19.6 Å². The molecule has 0 atom stereocenters. The zero-order chi connectivity index (χ0) is 17.4. The van der Waals surface area contributed by atoms with Crippen LogP contribution in [-0.4, -0.2) is 31.1 Å². The van der Waals surface area contributed by atoms with Gasteiger partial charge >= 0.3 is 6.03 Å². The average Bonchev–Trinajstić information content (AvgIpc) is 2.60. The molecule has 0 saturated heterocycles. The number of urea groups is 1. The summed E-state index contributed by atoms with van der Waals surface area (Å²) in [6, 6.07) is 13.9. The minimum absolute atomic E-state index is 0.143. The van der Waals surface area contributed by atoms with E-state index < -0.39 is 0 Å². The number of hydrogen-bond donors (Lipinski definition) is 1. The van der Waals surface area contributed by atoms with E-state index in [1.807, 2.05) is 37.3 Å². The fourth-order valence-corrected chi connectivity index (χ4v) is 2.40. The third-order valence-electron chi connectivity index (χ3n) is 3.78. The van der Waals surface area contributed by atoms with Crippen molar-refractivity contribution in [3.8, 4) is 5.75 Å². The molecule has 0 fully saturated rings. The Labute approximate surface area is 142 Å². The van der Waals surface area contributed by atoms with E-state index in [1.54, 1.807) is 18.1 Å². The summed E-state index contributed by atoms with van der Waals surface area (Å²) >= 11 is 0. The molecule has 2 aromatic carbocycles. The van der Waals surface area contributed by atoms with Crippen LogP contribution in [0.5, 0.6) is 5.75 Å². The van der Waals surface area contributed by atoms with Crippen molar-refractivity contribution in [3.05, 3.63) is 65.5 Å². The molecule has 2 amide bonds. The van der Waals surface area contributed by atoms with Crippen LogP contribution in [0.25, 0.3) is 0 Å². The Kier molecular flexibility index (Phi) is 6.61. The highest BCUT2D eigenvalue weighted by Crippen LogP contribution is 2.11. The number of halogens is 1. The molecule has 24 heavy (non-hydrogen) atoms. The maximum atomic E-state index is 13.2. The highest BCUT2D eigenvalue weighted by molar-refractivity contribution is 5.74. The molecule has 2 rings (SSSR count). The minimum atomic E-state index is -0.288. The largest absolute Gasteiger partial charge is 0.497 e. The van der Waals surface area contributed by atoms with Crippen LogP contribution in [0.1, 0.15) is 18.1 Å². The predicted molar refractivity (Wildman–Crippen MR) is 92.6 cm³/mol. The van der Waals surface area contributed by atoms with Gasteiger partial charge in [0, 0.05) is 19.6 Å². The number of hydrogen-bond acceptors (Lipinski definition) is 2. The number of benzene rings is 2. The van der Waals surface area contributed by atoms with Crippen LogP contribution >= 0.6 is 0 Å². The van der Waals surface area contributed by atoms with Gasteiger partial charge in [-0.2, -0.15) is 0 Å². The first kappa shape index (κ1) is 17.8. The summed E-state index contributed by atoms with van der Waals surface area (Å²) in [6.45, 7) is 3.40. The average molecular weight is 330 g/mol. The summed E-state index contributed by atoms with van der Waals surface area (Å²) in [4.78, 5) is 13.9. The Morgan fingerprint density at radius 3 is 2.54 bits per heavy atom. The molecular weight excluding hydrogens is 307 g/mol. The number of carbonyl (C=O) groups is 1. The summed E-state index contributed by atoms with van der Waals surface area (Å²) in [5.74, 6) is 0.526. The van der Waals surface area contributed by atoms with Gasteiger partial charge in [0.1, 0.15) is 11.6 Å². The van der Waals surface area contributed by atoms with E-state index in [2.05, 4.69) is 5.32 Å². The SMILES string of the molecule is CCN(Cc1cccc(F)c1)C(=O)NCCc1ccc(OC)cc1. The third kappa shape index (κ3) is 5.26. The molecule has 4 nitrogen and oxygen atoms in total. The lowest BCUT2D eigenvalue weighted by atomic mass is 10.1. The second-order valence-corrected chi connectivity index (χ2v) is 5.47. The standard InChI is InChI=1S/C19H23FN2O2/c1-3-22(14-16-5-4-6-17(20)13-16)19(23)21-12-11-15-7-9-18(24-2)10-8-15/h4-10,13H,3,11-12,14H2,1-2H3,(H,21,23). The summed E-state index contributed by atoms with van der Waals surface area (Å²) in [7, 11) is 1.63. The van der Waals surface area contributed by atoms with Gasteiger partial charge in [0.15, 0.2) is 0 Å². The molecule has 0 unspecified atom stereocenters. The topological polar surface area (TPSA) is 41.6 Å². The maximum Gasteiger partial charge on any atom is 0.317 e. The Balaban J connectivity index is 1.82. The van der Waals surface area contributed by atoms with Crippen molar-refractivity contribution in [1.29, 1.82) is 0 Å². The lowest BCUT2D eigenvalue weighted by molar-refractivity contribution is 0.198. The molecule has 2 aromatic rings. The first-order valence-electron chi connectivity index (χ1n) is 8.02. The molecule has 0 aliphatic heterocycles. The van der Waals surface area contributed by atoms with Gasteiger partial charge in [0.2, 0.25) is 0 Å². The minimum Gasteiger partial charge on any atom is -0.497 e. The first-order valence-corrected chi connectivity index (χ1v) is 8.02. The molecule has 0 aliphatic carbocycles. The number of rotatable bonds is 7. The molecule has 128 valence electrons. The van der Waals surface area contributed by atoms with E-state index in [9.17, 15) is 9.18 Å².